The largest absolute Gasteiger partial charge is 0.508 e. The van der Waals surface area contributed by atoms with Crippen molar-refractivity contribution in [3.63, 3.8) is 0 Å². The molecular formula is C28H34N2O4S. The number of aliphatic hydroxyl groups is 1. The Labute approximate surface area is 208 Å². The van der Waals surface area contributed by atoms with Crippen molar-refractivity contribution in [3.8, 4) is 5.75 Å². The summed E-state index contributed by atoms with van der Waals surface area (Å²) >= 11 is 0. The summed E-state index contributed by atoms with van der Waals surface area (Å²) in [4.78, 5) is 13.3. The van der Waals surface area contributed by atoms with E-state index >= 15 is 0 Å². The van der Waals surface area contributed by atoms with Crippen molar-refractivity contribution in [1.82, 2.24) is 10.0 Å². The number of phenolic OH excluding ortho intramolecular Hbond substituents is 1. The smallest absolute Gasteiger partial charge is 0.251 e. The molecule has 0 aliphatic carbocycles. The maximum atomic E-state index is 13.5. The lowest BCUT2D eigenvalue weighted by molar-refractivity contribution is 0.0348. The zero-order valence-electron chi connectivity index (χ0n) is 20.4. The summed E-state index contributed by atoms with van der Waals surface area (Å²) in [6, 6.07) is 22.1. The summed E-state index contributed by atoms with van der Waals surface area (Å²) in [6.45, 7) is 5.98. The lowest BCUT2D eigenvalue weighted by atomic mass is 9.82. The van der Waals surface area contributed by atoms with E-state index in [9.17, 15) is 19.2 Å². The molecule has 35 heavy (non-hydrogen) atoms. The summed E-state index contributed by atoms with van der Waals surface area (Å²) in [5.41, 5.74) is 1.09. The number of phenols is 1. The first kappa shape index (κ1) is 26.5. The minimum atomic E-state index is -3.03. The van der Waals surface area contributed by atoms with Gasteiger partial charge in [0.25, 0.3) is 5.91 Å². The molecule has 3 rings (SSSR count). The van der Waals surface area contributed by atoms with Gasteiger partial charge in [0.15, 0.2) is 0 Å². The molecule has 1 unspecified atom stereocenters. The number of aromatic hydroxyl groups is 1. The predicted octanol–water partition coefficient (Wildman–Crippen LogP) is 4.09. The van der Waals surface area contributed by atoms with E-state index in [-0.39, 0.29) is 17.2 Å². The number of hydrogen-bond acceptors (Lipinski definition) is 4. The Balaban J connectivity index is 1.88. The molecule has 0 heterocycles. The Kier molecular flexibility index (Phi) is 8.38. The van der Waals surface area contributed by atoms with Gasteiger partial charge in [0, 0.05) is 22.6 Å². The van der Waals surface area contributed by atoms with Crippen molar-refractivity contribution >= 4 is 21.5 Å². The SMILES string of the molecule is C=S(=O)(N[C@H](c1cc(C(=O)NCCc2ccccc2)ccc1O)[C@H](O)C(C)(C)C)c1ccccc1. The molecule has 0 spiro atoms. The van der Waals surface area contributed by atoms with Crippen LogP contribution in [0.5, 0.6) is 5.75 Å². The van der Waals surface area contributed by atoms with Gasteiger partial charge in [-0.3, -0.25) is 4.79 Å². The first-order chi connectivity index (χ1) is 16.5. The van der Waals surface area contributed by atoms with Gasteiger partial charge < -0.3 is 15.5 Å². The van der Waals surface area contributed by atoms with Crippen molar-refractivity contribution in [1.29, 1.82) is 0 Å². The van der Waals surface area contributed by atoms with Gasteiger partial charge in [0.1, 0.15) is 5.75 Å². The van der Waals surface area contributed by atoms with Crippen molar-refractivity contribution in [2.45, 2.75) is 44.2 Å². The highest BCUT2D eigenvalue weighted by atomic mass is 32.2. The molecule has 0 aliphatic rings. The molecule has 0 saturated carbocycles. The van der Waals surface area contributed by atoms with E-state index in [1.807, 2.05) is 57.2 Å². The fourth-order valence-electron chi connectivity index (χ4n) is 3.72. The fourth-order valence-corrected chi connectivity index (χ4v) is 5.12. The second-order valence-electron chi connectivity index (χ2n) is 9.66. The van der Waals surface area contributed by atoms with E-state index in [2.05, 4.69) is 15.9 Å². The van der Waals surface area contributed by atoms with E-state index < -0.39 is 27.3 Å². The van der Waals surface area contributed by atoms with E-state index in [0.29, 0.717) is 23.4 Å². The highest BCUT2D eigenvalue weighted by Crippen LogP contribution is 2.36. The first-order valence-corrected chi connectivity index (χ1v) is 13.2. The molecule has 7 heteroatoms. The monoisotopic (exact) mass is 494 g/mol. The number of hydrogen-bond donors (Lipinski definition) is 4. The molecule has 186 valence electrons. The number of benzene rings is 3. The van der Waals surface area contributed by atoms with Gasteiger partial charge in [-0.15, -0.1) is 0 Å². The van der Waals surface area contributed by atoms with Crippen LogP contribution in [0, 0.1) is 5.41 Å². The Morgan fingerprint density at radius 1 is 1.00 bits per heavy atom. The van der Waals surface area contributed by atoms with Crippen LogP contribution in [0.25, 0.3) is 0 Å². The lowest BCUT2D eigenvalue weighted by Crippen LogP contribution is -2.42. The average molecular weight is 495 g/mol. The van der Waals surface area contributed by atoms with Gasteiger partial charge in [0.05, 0.1) is 21.9 Å². The summed E-state index contributed by atoms with van der Waals surface area (Å²) in [5.74, 6) is 3.45. The third-order valence-corrected chi connectivity index (χ3v) is 7.48. The average Bonchev–Trinajstić information content (AvgIpc) is 2.83. The number of nitrogens with one attached hydrogen (secondary N) is 2. The first-order valence-electron chi connectivity index (χ1n) is 11.5. The molecule has 1 amide bonds. The summed E-state index contributed by atoms with van der Waals surface area (Å²) < 4.78 is 16.5. The molecule has 0 fully saturated rings. The van der Waals surface area contributed by atoms with Crippen molar-refractivity contribution in [3.05, 3.63) is 95.6 Å². The highest BCUT2D eigenvalue weighted by molar-refractivity contribution is 7.98. The van der Waals surface area contributed by atoms with E-state index in [4.69, 9.17) is 0 Å². The van der Waals surface area contributed by atoms with Crippen LogP contribution in [0.4, 0.5) is 0 Å². The molecule has 6 nitrogen and oxygen atoms in total. The molecule has 3 atom stereocenters. The maximum Gasteiger partial charge on any atom is 0.251 e. The number of amides is 1. The highest BCUT2D eigenvalue weighted by Gasteiger charge is 2.35. The molecule has 0 saturated heterocycles. The Morgan fingerprint density at radius 3 is 2.20 bits per heavy atom. The van der Waals surface area contributed by atoms with Crippen LogP contribution in [0.1, 0.15) is 48.3 Å². The molecule has 3 aromatic rings. The van der Waals surface area contributed by atoms with Crippen LogP contribution in [-0.4, -0.2) is 38.8 Å². The third-order valence-electron chi connectivity index (χ3n) is 5.81. The number of carbonyl (C=O) groups is 1. The van der Waals surface area contributed by atoms with E-state index in [1.54, 1.807) is 24.3 Å². The van der Waals surface area contributed by atoms with Crippen LogP contribution in [0.2, 0.25) is 0 Å². The third kappa shape index (κ3) is 6.94. The van der Waals surface area contributed by atoms with Crippen LogP contribution < -0.4 is 10.0 Å². The number of carbonyl (C=O) groups excluding carboxylic acids is 1. The molecule has 4 N–H and O–H groups in total. The van der Waals surface area contributed by atoms with Gasteiger partial charge in [-0.25, -0.2) is 8.93 Å². The molecule has 0 aromatic heterocycles. The predicted molar refractivity (Wildman–Crippen MR) is 142 cm³/mol. The maximum absolute atomic E-state index is 13.5. The normalized spacial score (nSPS) is 15.1. The minimum Gasteiger partial charge on any atom is -0.508 e. The second kappa shape index (κ2) is 11.1. The number of rotatable bonds is 9. The van der Waals surface area contributed by atoms with Gasteiger partial charge in [0.2, 0.25) is 0 Å². The summed E-state index contributed by atoms with van der Waals surface area (Å²) in [5, 5.41) is 24.8. The Hall–Kier alpha value is -3.13. The topological polar surface area (TPSA) is 98.7 Å². The molecular weight excluding hydrogens is 460 g/mol. The van der Waals surface area contributed by atoms with Crippen LogP contribution in [0.15, 0.2) is 83.8 Å². The zero-order valence-corrected chi connectivity index (χ0v) is 21.2. The van der Waals surface area contributed by atoms with Crippen molar-refractivity contribution in [2.75, 3.05) is 6.54 Å². The van der Waals surface area contributed by atoms with E-state index in [0.717, 1.165) is 5.56 Å². The van der Waals surface area contributed by atoms with Gasteiger partial charge in [-0.1, -0.05) is 69.3 Å². The van der Waals surface area contributed by atoms with Gasteiger partial charge >= 0.3 is 0 Å². The van der Waals surface area contributed by atoms with Gasteiger partial charge in [-0.2, -0.15) is 0 Å². The Morgan fingerprint density at radius 2 is 1.60 bits per heavy atom. The van der Waals surface area contributed by atoms with Crippen LogP contribution in [-0.2, 0) is 16.1 Å². The molecule has 3 aromatic carbocycles. The summed E-state index contributed by atoms with van der Waals surface area (Å²) in [6.07, 6.45) is -0.360. The fraction of sp³-hybridized carbons (Fsp3) is 0.286. The Bertz CT molecular complexity index is 1240. The summed E-state index contributed by atoms with van der Waals surface area (Å²) in [7, 11) is -3.03. The van der Waals surface area contributed by atoms with Crippen LogP contribution in [0.3, 0.4) is 0 Å². The van der Waals surface area contributed by atoms with Crippen molar-refractivity contribution in [2.24, 2.45) is 5.41 Å². The van der Waals surface area contributed by atoms with Crippen molar-refractivity contribution < 1.29 is 19.2 Å². The minimum absolute atomic E-state index is 0.116. The molecule has 0 aliphatic heterocycles. The standard InChI is InChI=1S/C28H34N2O4S/c1-28(2,3)26(32)25(30-35(4,34)22-13-9-6-10-14-22)23-19-21(15-16-24(23)31)27(33)29-18-17-20-11-7-5-8-12-20/h5-16,19,25-26,31-32H,4,17-18H2,1-3H3,(H,29,33)(H,30,34)/t25-,26+,35?/m1/s1. The number of aliphatic hydroxyl groups excluding tert-OH is 1. The van der Waals surface area contributed by atoms with Gasteiger partial charge in [-0.05, 0) is 53.6 Å². The quantitative estimate of drug-likeness (QED) is 0.337. The lowest BCUT2D eigenvalue weighted by Gasteiger charge is -2.35. The van der Waals surface area contributed by atoms with Crippen LogP contribution >= 0.6 is 0 Å². The molecule has 0 bridgehead atoms. The second-order valence-corrected chi connectivity index (χ2v) is 11.7. The van der Waals surface area contributed by atoms with E-state index in [1.165, 1.54) is 18.2 Å². The zero-order chi connectivity index (χ0) is 25.6. The molecule has 0 radical (unpaired) electrons.